The van der Waals surface area contributed by atoms with Crippen LogP contribution in [0.4, 0.5) is 0 Å². The van der Waals surface area contributed by atoms with Crippen molar-refractivity contribution in [1.29, 1.82) is 0 Å². The van der Waals surface area contributed by atoms with Gasteiger partial charge in [0, 0.05) is 35.8 Å². The molecule has 0 aliphatic carbocycles. The molecule has 0 N–H and O–H groups in total. The van der Waals surface area contributed by atoms with Gasteiger partial charge in [-0.25, -0.2) is 0 Å². The first-order chi connectivity index (χ1) is 13.1. The summed E-state index contributed by atoms with van der Waals surface area (Å²) < 4.78 is 13.7. The maximum absolute atomic E-state index is 12.7. The van der Waals surface area contributed by atoms with E-state index in [1.165, 1.54) is 11.3 Å². The van der Waals surface area contributed by atoms with Crippen LogP contribution in [0.2, 0.25) is 0 Å². The fraction of sp³-hybridized carbons (Fsp3) is 0.150. The molecule has 0 unspecified atom stereocenters. The number of nitrogens with zero attached hydrogens (tertiary/aromatic N) is 3. The summed E-state index contributed by atoms with van der Waals surface area (Å²) in [5.74, 6) is 1.16. The van der Waals surface area contributed by atoms with Crippen molar-refractivity contribution >= 4 is 38.4 Å². The van der Waals surface area contributed by atoms with Gasteiger partial charge >= 0.3 is 0 Å². The molecule has 0 bridgehead atoms. The van der Waals surface area contributed by atoms with Crippen molar-refractivity contribution in [2.45, 2.75) is 6.92 Å². The van der Waals surface area contributed by atoms with Gasteiger partial charge in [-0.2, -0.15) is 4.99 Å². The van der Waals surface area contributed by atoms with Crippen LogP contribution < -0.4 is 14.3 Å². The summed E-state index contributed by atoms with van der Waals surface area (Å²) >= 11 is 1.45. The van der Waals surface area contributed by atoms with Crippen molar-refractivity contribution in [1.82, 2.24) is 9.55 Å². The number of carbonyl (C=O) groups is 1. The summed E-state index contributed by atoms with van der Waals surface area (Å²) in [5, 5.41) is 0.924. The lowest BCUT2D eigenvalue weighted by Crippen LogP contribution is -2.13. The van der Waals surface area contributed by atoms with E-state index in [1.54, 1.807) is 6.07 Å². The normalized spacial score (nSPS) is 13.6. The zero-order valence-electron chi connectivity index (χ0n) is 14.7. The maximum Gasteiger partial charge on any atom is 0.279 e. The number of ether oxygens (including phenoxy) is 2. The molecule has 27 heavy (non-hydrogen) atoms. The molecule has 134 valence electrons. The Morgan fingerprint density at radius 3 is 2.81 bits per heavy atom. The van der Waals surface area contributed by atoms with Gasteiger partial charge in [-0.05, 0) is 31.2 Å². The minimum atomic E-state index is -0.278. The van der Waals surface area contributed by atoms with Crippen LogP contribution in [0.1, 0.15) is 16.1 Å². The molecule has 3 heterocycles. The fourth-order valence-electron chi connectivity index (χ4n) is 3.14. The number of fused-ring (bicyclic) bond motifs is 3. The Balaban J connectivity index is 1.59. The monoisotopic (exact) mass is 377 g/mol. The summed E-state index contributed by atoms with van der Waals surface area (Å²) in [6.07, 6.45) is 0. The van der Waals surface area contributed by atoms with Crippen LogP contribution in [-0.4, -0.2) is 22.3 Å². The first kappa shape index (κ1) is 16.0. The molecule has 0 spiro atoms. The number of pyridine rings is 1. The molecule has 2 aromatic heterocycles. The van der Waals surface area contributed by atoms with Crippen LogP contribution in [-0.2, 0) is 7.05 Å². The zero-order valence-corrected chi connectivity index (χ0v) is 15.5. The van der Waals surface area contributed by atoms with E-state index >= 15 is 0 Å². The van der Waals surface area contributed by atoms with Crippen LogP contribution in [0.5, 0.6) is 11.5 Å². The van der Waals surface area contributed by atoms with E-state index in [0.29, 0.717) is 16.1 Å². The first-order valence-corrected chi connectivity index (χ1v) is 9.26. The maximum atomic E-state index is 12.7. The van der Waals surface area contributed by atoms with Crippen molar-refractivity contribution < 1.29 is 14.3 Å². The average Bonchev–Trinajstić information content (AvgIpc) is 3.24. The smallest absolute Gasteiger partial charge is 0.279 e. The largest absolute Gasteiger partial charge is 0.454 e. The van der Waals surface area contributed by atoms with Gasteiger partial charge in [0.15, 0.2) is 16.3 Å². The Labute approximate surface area is 158 Å². The highest BCUT2D eigenvalue weighted by atomic mass is 32.1. The number of rotatable bonds is 1. The third kappa shape index (κ3) is 2.67. The number of thiazole rings is 1. The molecule has 2 aromatic carbocycles. The summed E-state index contributed by atoms with van der Waals surface area (Å²) in [6, 6.07) is 13.2. The van der Waals surface area contributed by atoms with Crippen LogP contribution >= 0.6 is 11.3 Å². The number of benzene rings is 2. The Morgan fingerprint density at radius 1 is 1.15 bits per heavy atom. The highest BCUT2D eigenvalue weighted by Crippen LogP contribution is 2.36. The molecule has 0 saturated heterocycles. The number of carbonyl (C=O) groups excluding carboxylic acids is 1. The van der Waals surface area contributed by atoms with E-state index < -0.39 is 0 Å². The van der Waals surface area contributed by atoms with Gasteiger partial charge in [0.2, 0.25) is 6.79 Å². The molecular formula is C20H15N3O3S. The molecule has 6 nitrogen and oxygen atoms in total. The molecule has 5 rings (SSSR count). The molecule has 0 atom stereocenters. The van der Waals surface area contributed by atoms with Gasteiger partial charge in [-0.3, -0.25) is 9.78 Å². The average molecular weight is 377 g/mol. The zero-order chi connectivity index (χ0) is 18.5. The van der Waals surface area contributed by atoms with E-state index in [0.717, 1.165) is 32.6 Å². The van der Waals surface area contributed by atoms with Crippen LogP contribution in [0.25, 0.3) is 21.1 Å². The van der Waals surface area contributed by atoms with Gasteiger partial charge in [-0.1, -0.05) is 17.4 Å². The Morgan fingerprint density at radius 2 is 1.96 bits per heavy atom. The third-order valence-electron chi connectivity index (χ3n) is 4.58. The van der Waals surface area contributed by atoms with Crippen molar-refractivity contribution in [3.63, 3.8) is 0 Å². The fourth-order valence-corrected chi connectivity index (χ4v) is 4.16. The number of hydrogen-bond donors (Lipinski definition) is 0. The second-order valence-electron chi connectivity index (χ2n) is 6.39. The van der Waals surface area contributed by atoms with Crippen molar-refractivity contribution in [2.24, 2.45) is 12.0 Å². The van der Waals surface area contributed by atoms with E-state index in [2.05, 4.69) is 9.98 Å². The summed E-state index contributed by atoms with van der Waals surface area (Å²) in [7, 11) is 1.89. The second kappa shape index (κ2) is 5.92. The molecule has 0 fully saturated rings. The highest BCUT2D eigenvalue weighted by Gasteiger charge is 2.17. The Bertz CT molecular complexity index is 1300. The molecule has 1 amide bonds. The van der Waals surface area contributed by atoms with E-state index in [9.17, 15) is 4.79 Å². The van der Waals surface area contributed by atoms with Crippen molar-refractivity contribution in [2.75, 3.05) is 6.79 Å². The summed E-state index contributed by atoms with van der Waals surface area (Å²) in [6.45, 7) is 2.18. The molecule has 1 aliphatic rings. The van der Waals surface area contributed by atoms with E-state index in [-0.39, 0.29) is 12.7 Å². The lowest BCUT2D eigenvalue weighted by molar-refractivity contribution is 0.0998. The predicted octanol–water partition coefficient (Wildman–Crippen LogP) is 3.57. The minimum Gasteiger partial charge on any atom is -0.454 e. The highest BCUT2D eigenvalue weighted by molar-refractivity contribution is 7.16. The van der Waals surface area contributed by atoms with Gasteiger partial charge in [0.05, 0.1) is 15.7 Å². The number of aromatic nitrogens is 2. The molecule has 1 aliphatic heterocycles. The first-order valence-electron chi connectivity index (χ1n) is 8.44. The lowest BCUT2D eigenvalue weighted by atomic mass is 10.1. The molecule has 0 saturated carbocycles. The van der Waals surface area contributed by atoms with Gasteiger partial charge in [-0.15, -0.1) is 0 Å². The third-order valence-corrected chi connectivity index (χ3v) is 5.67. The van der Waals surface area contributed by atoms with E-state index in [4.69, 9.17) is 9.47 Å². The molecule has 4 aromatic rings. The SMILES string of the molecule is Cc1ccc2cc(C(=O)N=c3sc4cc5c(cc4n3C)OCO5)ccc2n1. The standard InChI is InChI=1S/C20H15N3O3S/c1-11-3-4-12-7-13(5-6-14(12)21-11)19(24)22-20-23(2)15-8-16-17(26-10-25-16)9-18(15)27-20/h3-9H,10H2,1-2H3. The number of aryl methyl sites for hydroxylation is 2. The van der Waals surface area contributed by atoms with Gasteiger partial charge in [0.25, 0.3) is 5.91 Å². The van der Waals surface area contributed by atoms with Crippen LogP contribution in [0, 0.1) is 6.92 Å². The van der Waals surface area contributed by atoms with E-state index in [1.807, 2.05) is 54.9 Å². The number of amides is 1. The van der Waals surface area contributed by atoms with Crippen molar-refractivity contribution in [3.05, 3.63) is 58.5 Å². The molecule has 0 radical (unpaired) electrons. The lowest BCUT2D eigenvalue weighted by Gasteiger charge is -2.01. The topological polar surface area (TPSA) is 65.7 Å². The summed E-state index contributed by atoms with van der Waals surface area (Å²) in [4.78, 5) is 22.1. The minimum absolute atomic E-state index is 0.238. The second-order valence-corrected chi connectivity index (χ2v) is 7.40. The van der Waals surface area contributed by atoms with Crippen molar-refractivity contribution in [3.8, 4) is 11.5 Å². The quantitative estimate of drug-likeness (QED) is 0.509. The molecule has 7 heteroatoms. The number of hydrogen-bond acceptors (Lipinski definition) is 5. The van der Waals surface area contributed by atoms with Crippen LogP contribution in [0.15, 0.2) is 47.5 Å². The van der Waals surface area contributed by atoms with Crippen LogP contribution in [0.3, 0.4) is 0 Å². The summed E-state index contributed by atoms with van der Waals surface area (Å²) in [5.41, 5.74) is 3.31. The Hall–Kier alpha value is -3.19. The Kier molecular flexibility index (Phi) is 3.51. The van der Waals surface area contributed by atoms with Gasteiger partial charge in [0.1, 0.15) is 0 Å². The molecular weight excluding hydrogens is 362 g/mol. The predicted molar refractivity (Wildman–Crippen MR) is 103 cm³/mol. The van der Waals surface area contributed by atoms with Gasteiger partial charge < -0.3 is 14.0 Å².